The minimum Gasteiger partial charge on any atom is -0.477 e. The molecule has 7 nitrogen and oxygen atoms in total. The van der Waals surface area contributed by atoms with Crippen LogP contribution in [0.4, 0.5) is 5.69 Å². The molecule has 0 aliphatic rings. The Bertz CT molecular complexity index is 643. The highest BCUT2D eigenvalue weighted by atomic mass is 16.6. The average molecular weight is 276 g/mol. The molecule has 0 spiro atoms. The second-order valence-corrected chi connectivity index (χ2v) is 4.14. The number of carbonyl (C=O) groups excluding carboxylic acids is 1. The first-order valence-electron chi connectivity index (χ1n) is 5.80. The summed E-state index contributed by atoms with van der Waals surface area (Å²) in [6, 6.07) is 3.99. The predicted octanol–water partition coefficient (Wildman–Crippen LogP) is 2.59. The van der Waals surface area contributed by atoms with Gasteiger partial charge in [0.2, 0.25) is 5.89 Å². The molecule has 1 heterocycles. The fourth-order valence-corrected chi connectivity index (χ4v) is 1.61. The molecule has 0 aliphatic carbocycles. The van der Waals surface area contributed by atoms with Gasteiger partial charge in [0, 0.05) is 11.6 Å². The van der Waals surface area contributed by atoms with E-state index in [1.807, 2.05) is 0 Å². The number of nitro benzene ring substituents is 1. The van der Waals surface area contributed by atoms with Gasteiger partial charge in [0.25, 0.3) is 0 Å². The van der Waals surface area contributed by atoms with Crippen LogP contribution in [0.2, 0.25) is 0 Å². The van der Waals surface area contributed by atoms with Crippen molar-refractivity contribution in [3.05, 3.63) is 51.2 Å². The van der Waals surface area contributed by atoms with E-state index in [1.54, 1.807) is 13.8 Å². The first-order valence-corrected chi connectivity index (χ1v) is 5.80. The molecule has 0 saturated heterocycles. The van der Waals surface area contributed by atoms with Crippen molar-refractivity contribution in [1.82, 2.24) is 4.98 Å². The van der Waals surface area contributed by atoms with Crippen LogP contribution in [-0.4, -0.2) is 16.2 Å². The second kappa shape index (κ2) is 5.52. The summed E-state index contributed by atoms with van der Waals surface area (Å²) in [5.74, 6) is 1.08. The number of hydrogen-bond acceptors (Lipinski definition) is 6. The van der Waals surface area contributed by atoms with Crippen LogP contribution in [0.1, 0.15) is 27.7 Å². The summed E-state index contributed by atoms with van der Waals surface area (Å²) in [6.07, 6.45) is 0.539. The van der Waals surface area contributed by atoms with Gasteiger partial charge in [-0.05, 0) is 26.0 Å². The van der Waals surface area contributed by atoms with E-state index in [0.717, 1.165) is 11.8 Å². The maximum absolute atomic E-state index is 10.9. The highest BCUT2D eigenvalue weighted by molar-refractivity contribution is 5.77. The molecule has 2 aromatic rings. The molecule has 0 fully saturated rings. The lowest BCUT2D eigenvalue weighted by atomic mass is 10.2. The molecule has 0 radical (unpaired) electrons. The lowest BCUT2D eigenvalue weighted by molar-refractivity contribution is -0.386. The Morgan fingerprint density at radius 3 is 2.75 bits per heavy atom. The number of aromatic nitrogens is 1. The summed E-state index contributed by atoms with van der Waals surface area (Å²) >= 11 is 0. The highest BCUT2D eigenvalue weighted by Gasteiger charge is 2.17. The number of oxazole rings is 1. The van der Waals surface area contributed by atoms with Gasteiger partial charge in [-0.25, -0.2) is 4.98 Å². The third kappa shape index (κ3) is 2.82. The van der Waals surface area contributed by atoms with Crippen LogP contribution in [0.3, 0.4) is 0 Å². The number of aryl methyl sites for hydroxylation is 2. The van der Waals surface area contributed by atoms with Crippen LogP contribution in [0.15, 0.2) is 22.6 Å². The molecule has 20 heavy (non-hydrogen) atoms. The fraction of sp³-hybridized carbons (Fsp3) is 0.231. The molecule has 0 N–H and O–H groups in total. The summed E-state index contributed by atoms with van der Waals surface area (Å²) in [5, 5.41) is 10.9. The monoisotopic (exact) mass is 276 g/mol. The first kappa shape index (κ1) is 13.7. The van der Waals surface area contributed by atoms with Crippen molar-refractivity contribution >= 4 is 12.0 Å². The zero-order valence-corrected chi connectivity index (χ0v) is 11.0. The highest BCUT2D eigenvalue weighted by Crippen LogP contribution is 2.28. The van der Waals surface area contributed by atoms with Crippen LogP contribution in [0, 0.1) is 24.0 Å². The Morgan fingerprint density at radius 1 is 1.45 bits per heavy atom. The summed E-state index contributed by atoms with van der Waals surface area (Å²) < 4.78 is 10.7. The fourth-order valence-electron chi connectivity index (χ4n) is 1.61. The minimum atomic E-state index is -0.603. The normalized spacial score (nSPS) is 10.3. The summed E-state index contributed by atoms with van der Waals surface area (Å²) in [5.41, 5.74) is 0.691. The molecule has 0 atom stereocenters. The predicted molar refractivity (Wildman–Crippen MR) is 68.8 cm³/mol. The van der Waals surface area contributed by atoms with Crippen molar-refractivity contribution < 1.29 is 18.9 Å². The summed E-state index contributed by atoms with van der Waals surface area (Å²) in [7, 11) is 0. The quantitative estimate of drug-likeness (QED) is 0.473. The van der Waals surface area contributed by atoms with E-state index in [0.29, 0.717) is 17.9 Å². The van der Waals surface area contributed by atoms with Crippen LogP contribution in [-0.2, 0) is 6.61 Å². The average Bonchev–Trinajstić information content (AvgIpc) is 2.75. The van der Waals surface area contributed by atoms with Crippen molar-refractivity contribution in [2.24, 2.45) is 0 Å². The number of hydrogen-bond donors (Lipinski definition) is 0. The van der Waals surface area contributed by atoms with Crippen LogP contribution < -0.4 is 4.74 Å². The molecule has 0 bridgehead atoms. The number of rotatable bonds is 5. The molecule has 0 amide bonds. The van der Waals surface area contributed by atoms with Gasteiger partial charge >= 0.3 is 5.69 Å². The molecule has 1 aromatic heterocycles. The zero-order chi connectivity index (χ0) is 14.7. The van der Waals surface area contributed by atoms with Crippen molar-refractivity contribution in [3.8, 4) is 5.75 Å². The van der Waals surface area contributed by atoms with Gasteiger partial charge in [-0.1, -0.05) is 0 Å². The number of nitrogens with zero attached hydrogens (tertiary/aromatic N) is 2. The van der Waals surface area contributed by atoms with Gasteiger partial charge in [-0.15, -0.1) is 0 Å². The molecule has 7 heteroatoms. The van der Waals surface area contributed by atoms with E-state index in [-0.39, 0.29) is 23.6 Å². The number of benzene rings is 1. The van der Waals surface area contributed by atoms with Crippen molar-refractivity contribution in [1.29, 1.82) is 0 Å². The Hall–Kier alpha value is -2.70. The standard InChI is InChI=1S/C13H12N2O5/c1-8-9(2)20-13(14-8)7-19-12-4-3-10(6-16)5-11(12)15(17)18/h3-6H,7H2,1-2H3. The first-order chi connectivity index (χ1) is 9.51. The third-order valence-electron chi connectivity index (χ3n) is 2.74. The van der Waals surface area contributed by atoms with Gasteiger partial charge in [-0.2, -0.15) is 0 Å². The van der Waals surface area contributed by atoms with Crippen molar-refractivity contribution in [2.45, 2.75) is 20.5 Å². The molecule has 0 unspecified atom stereocenters. The Balaban J connectivity index is 2.20. The van der Waals surface area contributed by atoms with E-state index in [4.69, 9.17) is 9.15 Å². The van der Waals surface area contributed by atoms with E-state index >= 15 is 0 Å². The smallest absolute Gasteiger partial charge is 0.311 e. The van der Waals surface area contributed by atoms with Gasteiger partial charge < -0.3 is 9.15 Å². The number of nitro groups is 1. The van der Waals surface area contributed by atoms with Gasteiger partial charge in [0.15, 0.2) is 12.4 Å². The molecule has 1 aromatic carbocycles. The second-order valence-electron chi connectivity index (χ2n) is 4.14. The molecular weight excluding hydrogens is 264 g/mol. The van der Waals surface area contributed by atoms with Crippen LogP contribution in [0.5, 0.6) is 5.75 Å². The Morgan fingerprint density at radius 2 is 2.20 bits per heavy atom. The van der Waals surface area contributed by atoms with E-state index in [2.05, 4.69) is 4.98 Å². The molecule has 104 valence electrons. The van der Waals surface area contributed by atoms with Crippen LogP contribution in [0.25, 0.3) is 0 Å². The number of ether oxygens (including phenoxy) is 1. The third-order valence-corrected chi connectivity index (χ3v) is 2.74. The molecule has 2 rings (SSSR count). The molecule has 0 saturated carbocycles. The molecular formula is C13H12N2O5. The van der Waals surface area contributed by atoms with Gasteiger partial charge in [-0.3, -0.25) is 14.9 Å². The van der Waals surface area contributed by atoms with E-state index in [9.17, 15) is 14.9 Å². The minimum absolute atomic E-state index is 0.0179. The maximum atomic E-state index is 10.9. The SMILES string of the molecule is Cc1nc(COc2ccc(C=O)cc2[N+](=O)[O-])oc1C. The maximum Gasteiger partial charge on any atom is 0.311 e. The number of carbonyl (C=O) groups is 1. The zero-order valence-electron chi connectivity index (χ0n) is 11.0. The lowest BCUT2D eigenvalue weighted by Gasteiger charge is -2.04. The van der Waals surface area contributed by atoms with Crippen molar-refractivity contribution in [3.63, 3.8) is 0 Å². The lowest BCUT2D eigenvalue weighted by Crippen LogP contribution is -2.00. The Kier molecular flexibility index (Phi) is 3.79. The van der Waals surface area contributed by atoms with E-state index < -0.39 is 4.92 Å². The summed E-state index contributed by atoms with van der Waals surface area (Å²) in [4.78, 5) is 25.1. The summed E-state index contributed by atoms with van der Waals surface area (Å²) in [6.45, 7) is 3.55. The topological polar surface area (TPSA) is 95.5 Å². The van der Waals surface area contributed by atoms with Gasteiger partial charge in [0.05, 0.1) is 10.6 Å². The van der Waals surface area contributed by atoms with Gasteiger partial charge in [0.1, 0.15) is 12.0 Å². The van der Waals surface area contributed by atoms with E-state index in [1.165, 1.54) is 12.1 Å². The number of aldehydes is 1. The molecule has 0 aliphatic heterocycles. The van der Waals surface area contributed by atoms with Crippen LogP contribution >= 0.6 is 0 Å². The largest absolute Gasteiger partial charge is 0.477 e. The van der Waals surface area contributed by atoms with Crippen molar-refractivity contribution in [2.75, 3.05) is 0 Å². The Labute approximate surface area is 114 Å².